The van der Waals surface area contributed by atoms with Crippen LogP contribution in [0.5, 0.6) is 0 Å². The molecule has 1 atom stereocenters. The van der Waals surface area contributed by atoms with Gasteiger partial charge in [0, 0.05) is 30.5 Å². The Morgan fingerprint density at radius 2 is 2.56 bits per heavy atom. The third-order valence-corrected chi connectivity index (χ3v) is 2.93. The second-order valence-corrected chi connectivity index (χ2v) is 4.39. The molecule has 1 amide bonds. The minimum Gasteiger partial charge on any atom is -0.338 e. The number of amides is 1. The van der Waals surface area contributed by atoms with Crippen molar-refractivity contribution in [1.29, 1.82) is 0 Å². The highest BCUT2D eigenvalue weighted by Gasteiger charge is 2.32. The molecule has 1 saturated heterocycles. The maximum Gasteiger partial charge on any atom is 0.234 e. The molecule has 0 bridgehead atoms. The Morgan fingerprint density at radius 1 is 1.72 bits per heavy atom. The van der Waals surface area contributed by atoms with E-state index in [-0.39, 0.29) is 11.8 Å². The molecule has 2 heterocycles. The molecule has 1 aromatic heterocycles. The van der Waals surface area contributed by atoms with Gasteiger partial charge in [0.15, 0.2) is 0 Å². The van der Waals surface area contributed by atoms with Crippen molar-refractivity contribution < 1.29 is 9.32 Å². The lowest BCUT2D eigenvalue weighted by atomic mass is 10.1. The molecule has 2 rings (SSSR count). The summed E-state index contributed by atoms with van der Waals surface area (Å²) in [5.41, 5.74) is 9.13. The Kier molecular flexibility index (Phi) is 3.84. The molecule has 0 aromatic carbocycles. The van der Waals surface area contributed by atoms with Crippen LogP contribution >= 0.6 is 0 Å². The molecule has 0 spiro atoms. The summed E-state index contributed by atoms with van der Waals surface area (Å²) in [6.07, 6.45) is 2.22. The van der Waals surface area contributed by atoms with Gasteiger partial charge in [-0.2, -0.15) is 0 Å². The van der Waals surface area contributed by atoms with E-state index in [9.17, 15) is 4.79 Å². The molecular weight excluding hydrogens is 234 g/mol. The minimum absolute atomic E-state index is 0.00709. The molecule has 1 fully saturated rings. The summed E-state index contributed by atoms with van der Waals surface area (Å²) in [7, 11) is 0. The van der Waals surface area contributed by atoms with Gasteiger partial charge in [-0.25, -0.2) is 0 Å². The van der Waals surface area contributed by atoms with Crippen LogP contribution in [-0.2, 0) is 11.2 Å². The molecule has 96 valence electrons. The first-order valence-corrected chi connectivity index (χ1v) is 6.01. The van der Waals surface area contributed by atoms with Gasteiger partial charge in [-0.15, -0.1) is 0 Å². The van der Waals surface area contributed by atoms with Gasteiger partial charge in [-0.1, -0.05) is 23.6 Å². The highest BCUT2D eigenvalue weighted by molar-refractivity contribution is 5.94. The minimum atomic E-state index is -0.00709. The number of nitrogens with zero attached hydrogens (tertiary/aromatic N) is 5. The standard InChI is InChI=1S/C11H15N5O2/c1-2-3-9-5-11(18-14-9)16-7-8(4-10(16)17)6-13-15-12/h5,8H,2-4,6-7H2,1H3. The van der Waals surface area contributed by atoms with Gasteiger partial charge in [0.05, 0.1) is 5.69 Å². The number of rotatable bonds is 5. The fourth-order valence-corrected chi connectivity index (χ4v) is 2.07. The van der Waals surface area contributed by atoms with E-state index < -0.39 is 0 Å². The number of carbonyl (C=O) groups is 1. The fraction of sp³-hybridized carbons (Fsp3) is 0.636. The number of hydrogen-bond donors (Lipinski definition) is 0. The molecule has 0 saturated carbocycles. The molecule has 0 radical (unpaired) electrons. The van der Waals surface area contributed by atoms with Gasteiger partial charge in [0.1, 0.15) is 0 Å². The summed E-state index contributed by atoms with van der Waals surface area (Å²) in [4.78, 5) is 16.1. The fourth-order valence-electron chi connectivity index (χ4n) is 2.07. The highest BCUT2D eigenvalue weighted by Crippen LogP contribution is 2.26. The zero-order chi connectivity index (χ0) is 13.0. The van der Waals surface area contributed by atoms with Crippen LogP contribution in [0, 0.1) is 5.92 Å². The largest absolute Gasteiger partial charge is 0.338 e. The number of anilines is 1. The number of carbonyl (C=O) groups excluding carboxylic acids is 1. The van der Waals surface area contributed by atoms with Crippen LogP contribution in [0.4, 0.5) is 5.88 Å². The quantitative estimate of drug-likeness (QED) is 0.455. The van der Waals surface area contributed by atoms with Gasteiger partial charge in [0.2, 0.25) is 11.8 Å². The Labute approximate surface area is 104 Å². The zero-order valence-corrected chi connectivity index (χ0v) is 10.2. The maximum absolute atomic E-state index is 11.8. The van der Waals surface area contributed by atoms with Crippen molar-refractivity contribution in [1.82, 2.24) is 5.16 Å². The van der Waals surface area contributed by atoms with Gasteiger partial charge < -0.3 is 4.52 Å². The molecule has 7 nitrogen and oxygen atoms in total. The van der Waals surface area contributed by atoms with Gasteiger partial charge >= 0.3 is 0 Å². The number of hydrogen-bond acceptors (Lipinski definition) is 4. The molecule has 1 unspecified atom stereocenters. The highest BCUT2D eigenvalue weighted by atomic mass is 16.5. The first-order chi connectivity index (χ1) is 8.74. The van der Waals surface area contributed by atoms with Crippen LogP contribution in [0.3, 0.4) is 0 Å². The number of azide groups is 1. The first kappa shape index (κ1) is 12.4. The van der Waals surface area contributed by atoms with E-state index in [2.05, 4.69) is 22.1 Å². The smallest absolute Gasteiger partial charge is 0.234 e. The second-order valence-electron chi connectivity index (χ2n) is 4.39. The Morgan fingerprint density at radius 3 is 3.28 bits per heavy atom. The van der Waals surface area contributed by atoms with Crippen LogP contribution in [-0.4, -0.2) is 24.2 Å². The van der Waals surface area contributed by atoms with Crippen molar-refractivity contribution in [2.45, 2.75) is 26.2 Å². The molecule has 0 N–H and O–H groups in total. The van der Waals surface area contributed by atoms with E-state index in [1.54, 1.807) is 11.0 Å². The van der Waals surface area contributed by atoms with Crippen molar-refractivity contribution in [3.05, 3.63) is 22.2 Å². The van der Waals surface area contributed by atoms with Gasteiger partial charge in [-0.3, -0.25) is 9.69 Å². The molecule has 1 aliphatic heterocycles. The second kappa shape index (κ2) is 5.55. The van der Waals surface area contributed by atoms with Crippen molar-refractivity contribution in [3.63, 3.8) is 0 Å². The summed E-state index contributed by atoms with van der Waals surface area (Å²) in [6, 6.07) is 1.80. The van der Waals surface area contributed by atoms with Gasteiger partial charge in [-0.05, 0) is 17.9 Å². The summed E-state index contributed by atoms with van der Waals surface area (Å²) in [5, 5.41) is 7.43. The van der Waals surface area contributed by atoms with Crippen LogP contribution < -0.4 is 4.90 Å². The van der Waals surface area contributed by atoms with Crippen LogP contribution in [0.1, 0.15) is 25.5 Å². The summed E-state index contributed by atoms with van der Waals surface area (Å²) >= 11 is 0. The van der Waals surface area contributed by atoms with Gasteiger partial charge in [0.25, 0.3) is 0 Å². The predicted molar refractivity (Wildman–Crippen MR) is 65.0 cm³/mol. The van der Waals surface area contributed by atoms with Crippen LogP contribution in [0.25, 0.3) is 10.4 Å². The van der Waals surface area contributed by atoms with Crippen molar-refractivity contribution in [2.75, 3.05) is 18.0 Å². The van der Waals surface area contributed by atoms with E-state index in [1.807, 2.05) is 0 Å². The van der Waals surface area contributed by atoms with Crippen LogP contribution in [0.15, 0.2) is 15.7 Å². The molecule has 1 aromatic rings. The summed E-state index contributed by atoms with van der Waals surface area (Å²) in [5.74, 6) is 0.548. The topological polar surface area (TPSA) is 95.1 Å². The third kappa shape index (κ3) is 2.62. The molecule has 1 aliphatic rings. The van der Waals surface area contributed by atoms with E-state index >= 15 is 0 Å². The SMILES string of the molecule is CCCc1cc(N2CC(CN=[N+]=[N-])CC2=O)on1. The number of aromatic nitrogens is 1. The lowest BCUT2D eigenvalue weighted by molar-refractivity contribution is -0.117. The summed E-state index contributed by atoms with van der Waals surface area (Å²) < 4.78 is 5.18. The van der Waals surface area contributed by atoms with Crippen molar-refractivity contribution in [2.24, 2.45) is 11.0 Å². The van der Waals surface area contributed by atoms with E-state index in [0.717, 1.165) is 18.5 Å². The predicted octanol–water partition coefficient (Wildman–Crippen LogP) is 2.29. The molecule has 0 aliphatic carbocycles. The third-order valence-electron chi connectivity index (χ3n) is 2.93. The Balaban J connectivity index is 2.04. The average molecular weight is 249 g/mol. The van der Waals surface area contributed by atoms with Crippen LogP contribution in [0.2, 0.25) is 0 Å². The maximum atomic E-state index is 11.8. The van der Waals surface area contributed by atoms with Crippen molar-refractivity contribution >= 4 is 11.8 Å². The normalized spacial score (nSPS) is 19.1. The average Bonchev–Trinajstić information content (AvgIpc) is 2.94. The number of aryl methyl sites for hydroxylation is 1. The molecule has 18 heavy (non-hydrogen) atoms. The van der Waals surface area contributed by atoms with E-state index in [1.165, 1.54) is 0 Å². The van der Waals surface area contributed by atoms with E-state index in [4.69, 9.17) is 10.1 Å². The lowest BCUT2D eigenvalue weighted by Crippen LogP contribution is -2.24. The Bertz CT molecular complexity index is 478. The summed E-state index contributed by atoms with van der Waals surface area (Å²) in [6.45, 7) is 2.93. The Hall–Kier alpha value is -2.01. The molecular formula is C11H15N5O2. The molecule has 7 heteroatoms. The lowest BCUT2D eigenvalue weighted by Gasteiger charge is -2.10. The first-order valence-electron chi connectivity index (χ1n) is 6.01. The zero-order valence-electron chi connectivity index (χ0n) is 10.2. The van der Waals surface area contributed by atoms with Crippen molar-refractivity contribution in [3.8, 4) is 0 Å². The van der Waals surface area contributed by atoms with E-state index in [0.29, 0.717) is 25.4 Å². The monoisotopic (exact) mass is 249 g/mol.